The van der Waals surface area contributed by atoms with Gasteiger partial charge in [0.25, 0.3) is 0 Å². The van der Waals surface area contributed by atoms with Gasteiger partial charge < -0.3 is 4.74 Å². The summed E-state index contributed by atoms with van der Waals surface area (Å²) in [5.74, 6) is -0.197. The molecule has 0 aliphatic heterocycles. The molecule has 140 valence electrons. The third-order valence-corrected chi connectivity index (χ3v) is 4.11. The maximum Gasteiger partial charge on any atom is 0.387 e. The van der Waals surface area contributed by atoms with Crippen molar-refractivity contribution < 1.29 is 17.9 Å². The Hall–Kier alpha value is -3.68. The molecule has 3 aromatic carbocycles. The van der Waals surface area contributed by atoms with Crippen molar-refractivity contribution in [1.29, 1.82) is 0 Å². The van der Waals surface area contributed by atoms with E-state index in [0.717, 1.165) is 0 Å². The Morgan fingerprint density at radius 3 is 2.18 bits per heavy atom. The maximum absolute atomic E-state index is 14.3. The molecule has 1 aromatic heterocycles. The zero-order valence-corrected chi connectivity index (χ0v) is 14.3. The van der Waals surface area contributed by atoms with E-state index in [1.54, 1.807) is 60.7 Å². The number of tetrazole rings is 1. The first kappa shape index (κ1) is 17.7. The summed E-state index contributed by atoms with van der Waals surface area (Å²) in [5.41, 5.74) is 1.74. The van der Waals surface area contributed by atoms with Gasteiger partial charge in [0.15, 0.2) is 5.82 Å². The van der Waals surface area contributed by atoms with E-state index in [0.29, 0.717) is 16.7 Å². The first-order chi connectivity index (χ1) is 13.6. The lowest BCUT2D eigenvalue weighted by Gasteiger charge is -2.14. The van der Waals surface area contributed by atoms with Gasteiger partial charge in [0, 0.05) is 11.1 Å². The summed E-state index contributed by atoms with van der Waals surface area (Å²) in [6.45, 7) is -2.96. The standard InChI is InChI=1S/C20H13F3N4O/c21-16-10-4-5-11-17(16)27-19(24-25-26-27)15-9-2-1-7-13(15)14-8-3-6-12-18(14)28-20(22)23/h1-12,20H. The van der Waals surface area contributed by atoms with Crippen LogP contribution in [-0.2, 0) is 0 Å². The van der Waals surface area contributed by atoms with Gasteiger partial charge in [-0.2, -0.15) is 13.5 Å². The number of hydrogen-bond acceptors (Lipinski definition) is 4. The van der Waals surface area contributed by atoms with E-state index >= 15 is 0 Å². The molecular formula is C20H13F3N4O. The fourth-order valence-electron chi connectivity index (χ4n) is 2.94. The SMILES string of the molecule is Fc1ccccc1-n1nnnc1-c1ccccc1-c1ccccc1OC(F)F. The van der Waals surface area contributed by atoms with Crippen LogP contribution in [-0.4, -0.2) is 26.8 Å². The number of halogens is 3. The molecule has 0 radical (unpaired) electrons. The van der Waals surface area contributed by atoms with Crippen LogP contribution in [0.3, 0.4) is 0 Å². The second kappa shape index (κ2) is 7.51. The van der Waals surface area contributed by atoms with E-state index < -0.39 is 12.4 Å². The minimum Gasteiger partial charge on any atom is -0.434 e. The lowest BCUT2D eigenvalue weighted by Crippen LogP contribution is -2.05. The molecule has 0 unspecified atom stereocenters. The summed E-state index contributed by atoms with van der Waals surface area (Å²) in [5, 5.41) is 11.6. The van der Waals surface area contributed by atoms with Crippen LogP contribution in [0.5, 0.6) is 5.75 Å². The van der Waals surface area contributed by atoms with E-state index in [1.165, 1.54) is 16.8 Å². The van der Waals surface area contributed by atoms with Crippen LogP contribution in [0.2, 0.25) is 0 Å². The third-order valence-electron chi connectivity index (χ3n) is 4.11. The van der Waals surface area contributed by atoms with Gasteiger partial charge in [0.2, 0.25) is 0 Å². The molecule has 0 spiro atoms. The van der Waals surface area contributed by atoms with Crippen molar-refractivity contribution in [2.75, 3.05) is 0 Å². The second-order valence-corrected chi connectivity index (χ2v) is 5.79. The molecule has 5 nitrogen and oxygen atoms in total. The molecule has 0 fully saturated rings. The van der Waals surface area contributed by atoms with E-state index in [2.05, 4.69) is 20.3 Å². The average Bonchev–Trinajstić information content (AvgIpc) is 3.18. The molecule has 8 heteroatoms. The first-order valence-electron chi connectivity index (χ1n) is 8.32. The van der Waals surface area contributed by atoms with Crippen LogP contribution >= 0.6 is 0 Å². The number of benzene rings is 3. The van der Waals surface area contributed by atoms with E-state index in [1.807, 2.05) is 0 Å². The molecule has 4 rings (SSSR count). The van der Waals surface area contributed by atoms with Gasteiger partial charge in [-0.25, -0.2) is 4.39 Å². The highest BCUT2D eigenvalue weighted by molar-refractivity contribution is 5.84. The number of rotatable bonds is 5. The van der Waals surface area contributed by atoms with Gasteiger partial charge in [-0.1, -0.05) is 54.6 Å². The lowest BCUT2D eigenvalue weighted by molar-refractivity contribution is -0.0494. The van der Waals surface area contributed by atoms with Gasteiger partial charge >= 0.3 is 6.61 Å². The highest BCUT2D eigenvalue weighted by atomic mass is 19.3. The predicted molar refractivity (Wildman–Crippen MR) is 96.6 cm³/mol. The molecule has 0 amide bonds. The van der Waals surface area contributed by atoms with Crippen molar-refractivity contribution in [1.82, 2.24) is 20.2 Å². The van der Waals surface area contributed by atoms with Crippen LogP contribution in [0.1, 0.15) is 0 Å². The largest absolute Gasteiger partial charge is 0.434 e. The zero-order valence-electron chi connectivity index (χ0n) is 14.3. The van der Waals surface area contributed by atoms with Crippen molar-refractivity contribution in [3.05, 3.63) is 78.6 Å². The minimum absolute atomic E-state index is 0.0230. The van der Waals surface area contributed by atoms with E-state index in [4.69, 9.17) is 0 Å². The Kier molecular flexibility index (Phi) is 4.76. The Bertz CT molecular complexity index is 1110. The Labute approximate surface area is 158 Å². The Morgan fingerprint density at radius 1 is 0.786 bits per heavy atom. The molecular weight excluding hydrogens is 369 g/mol. The quantitative estimate of drug-likeness (QED) is 0.500. The first-order valence-corrected chi connectivity index (χ1v) is 8.32. The molecule has 28 heavy (non-hydrogen) atoms. The second-order valence-electron chi connectivity index (χ2n) is 5.79. The molecule has 0 aliphatic carbocycles. The summed E-state index contributed by atoms with van der Waals surface area (Å²) in [7, 11) is 0. The normalized spacial score (nSPS) is 11.0. The number of alkyl halides is 2. The van der Waals surface area contributed by atoms with Gasteiger partial charge in [-0.15, -0.1) is 5.10 Å². The van der Waals surface area contributed by atoms with Crippen molar-refractivity contribution in [3.8, 4) is 34.0 Å². The number of para-hydroxylation sites is 2. The molecule has 0 N–H and O–H groups in total. The van der Waals surface area contributed by atoms with Gasteiger partial charge in [-0.05, 0) is 34.2 Å². The van der Waals surface area contributed by atoms with Crippen LogP contribution in [0.15, 0.2) is 72.8 Å². The fourth-order valence-corrected chi connectivity index (χ4v) is 2.94. The monoisotopic (exact) mass is 382 g/mol. The van der Waals surface area contributed by atoms with Gasteiger partial charge in [0.05, 0.1) is 0 Å². The molecule has 0 atom stereocenters. The van der Waals surface area contributed by atoms with Crippen molar-refractivity contribution in [2.24, 2.45) is 0 Å². The summed E-state index contributed by atoms with van der Waals surface area (Å²) < 4.78 is 45.8. The summed E-state index contributed by atoms with van der Waals surface area (Å²) >= 11 is 0. The molecule has 0 bridgehead atoms. The van der Waals surface area contributed by atoms with Crippen LogP contribution in [0, 0.1) is 5.82 Å². The Morgan fingerprint density at radius 2 is 1.43 bits per heavy atom. The van der Waals surface area contributed by atoms with Crippen molar-refractivity contribution >= 4 is 0 Å². The molecule has 0 aliphatic rings. The number of hydrogen-bond donors (Lipinski definition) is 0. The average molecular weight is 382 g/mol. The lowest BCUT2D eigenvalue weighted by atomic mass is 9.98. The Balaban J connectivity index is 1.89. The van der Waals surface area contributed by atoms with Crippen molar-refractivity contribution in [3.63, 3.8) is 0 Å². The minimum atomic E-state index is -2.96. The van der Waals surface area contributed by atoms with Crippen LogP contribution in [0.4, 0.5) is 13.2 Å². The van der Waals surface area contributed by atoms with E-state index in [-0.39, 0.29) is 17.3 Å². The zero-order chi connectivity index (χ0) is 19.5. The highest BCUT2D eigenvalue weighted by Crippen LogP contribution is 2.37. The molecule has 1 heterocycles. The maximum atomic E-state index is 14.3. The van der Waals surface area contributed by atoms with Crippen LogP contribution < -0.4 is 4.74 Å². The molecule has 4 aromatic rings. The van der Waals surface area contributed by atoms with Gasteiger partial charge in [-0.3, -0.25) is 0 Å². The summed E-state index contributed by atoms with van der Waals surface area (Å²) in [6, 6.07) is 19.5. The van der Waals surface area contributed by atoms with E-state index in [9.17, 15) is 13.2 Å². The highest BCUT2D eigenvalue weighted by Gasteiger charge is 2.19. The number of nitrogens with zero attached hydrogens (tertiary/aromatic N) is 4. The van der Waals surface area contributed by atoms with Gasteiger partial charge in [0.1, 0.15) is 17.3 Å². The molecule has 0 saturated carbocycles. The fraction of sp³-hybridized carbons (Fsp3) is 0.0500. The topological polar surface area (TPSA) is 52.8 Å². The number of aromatic nitrogens is 4. The summed E-state index contributed by atoms with van der Waals surface area (Å²) in [6.07, 6.45) is 0. The van der Waals surface area contributed by atoms with Crippen LogP contribution in [0.25, 0.3) is 28.2 Å². The third kappa shape index (κ3) is 3.32. The predicted octanol–water partition coefficient (Wildman–Crippen LogP) is 4.74. The number of ether oxygens (including phenoxy) is 1. The summed E-state index contributed by atoms with van der Waals surface area (Å²) in [4.78, 5) is 0. The van der Waals surface area contributed by atoms with Crippen molar-refractivity contribution in [2.45, 2.75) is 6.61 Å². The molecule has 0 saturated heterocycles. The smallest absolute Gasteiger partial charge is 0.387 e.